The predicted octanol–water partition coefficient (Wildman–Crippen LogP) is 6.09. The Balaban J connectivity index is 1.36. The van der Waals surface area contributed by atoms with E-state index in [1.54, 1.807) is 36.7 Å². The molecule has 0 unspecified atom stereocenters. The number of pyridine rings is 1. The number of anilines is 2. The summed E-state index contributed by atoms with van der Waals surface area (Å²) in [5, 5.41) is 3.70. The first-order valence-electron chi connectivity index (χ1n) is 9.16. The van der Waals surface area contributed by atoms with Crippen molar-refractivity contribution in [2.75, 3.05) is 11.9 Å². The van der Waals surface area contributed by atoms with Gasteiger partial charge in [-0.05, 0) is 35.9 Å². The molecule has 0 spiro atoms. The van der Waals surface area contributed by atoms with E-state index < -0.39 is 11.7 Å². The molecule has 0 saturated heterocycles. The maximum absolute atomic E-state index is 13.5. The van der Waals surface area contributed by atoms with E-state index >= 15 is 0 Å². The van der Waals surface area contributed by atoms with Gasteiger partial charge in [0.2, 0.25) is 0 Å². The number of hydrogen-bond donors (Lipinski definition) is 2. The minimum absolute atomic E-state index is 0.296. The Kier molecular flexibility index (Phi) is 5.31. The summed E-state index contributed by atoms with van der Waals surface area (Å²) in [4.78, 5) is 6.99. The SMILES string of the molecule is Fc1c[nH]c2cc(Nc3cncc(OCCc4ccc(C(F)(F)F)cc4)c3)ccc12. The van der Waals surface area contributed by atoms with Crippen molar-refractivity contribution in [1.82, 2.24) is 9.97 Å². The van der Waals surface area contributed by atoms with Crippen LogP contribution in [0.5, 0.6) is 5.75 Å². The van der Waals surface area contributed by atoms with Gasteiger partial charge in [-0.25, -0.2) is 4.39 Å². The van der Waals surface area contributed by atoms with Crippen LogP contribution in [-0.2, 0) is 12.6 Å². The molecule has 0 bridgehead atoms. The summed E-state index contributed by atoms with van der Waals surface area (Å²) >= 11 is 0. The highest BCUT2D eigenvalue weighted by atomic mass is 19.4. The molecule has 2 N–H and O–H groups in total. The molecule has 0 fully saturated rings. The third-order valence-corrected chi connectivity index (χ3v) is 4.57. The number of hydrogen-bond acceptors (Lipinski definition) is 3. The molecule has 0 atom stereocenters. The molecule has 0 aliphatic carbocycles. The Bertz CT molecular complexity index is 1150. The van der Waals surface area contributed by atoms with Crippen LogP contribution in [0.25, 0.3) is 10.9 Å². The number of benzene rings is 2. The lowest BCUT2D eigenvalue weighted by Crippen LogP contribution is -2.06. The smallest absolute Gasteiger partial charge is 0.416 e. The highest BCUT2D eigenvalue weighted by Gasteiger charge is 2.29. The van der Waals surface area contributed by atoms with Crippen LogP contribution in [0, 0.1) is 5.82 Å². The van der Waals surface area contributed by atoms with Crippen LogP contribution in [0.3, 0.4) is 0 Å². The first kappa shape index (κ1) is 19.8. The van der Waals surface area contributed by atoms with Gasteiger partial charge in [-0.3, -0.25) is 4.98 Å². The van der Waals surface area contributed by atoms with Crippen molar-refractivity contribution < 1.29 is 22.3 Å². The summed E-state index contributed by atoms with van der Waals surface area (Å²) in [5.41, 5.74) is 2.20. The lowest BCUT2D eigenvalue weighted by Gasteiger charge is -2.10. The van der Waals surface area contributed by atoms with Crippen molar-refractivity contribution in [2.45, 2.75) is 12.6 Å². The fraction of sp³-hybridized carbons (Fsp3) is 0.136. The van der Waals surface area contributed by atoms with Crippen molar-refractivity contribution in [3.63, 3.8) is 0 Å². The molecule has 2 heterocycles. The summed E-state index contributed by atoms with van der Waals surface area (Å²) in [7, 11) is 0. The summed E-state index contributed by atoms with van der Waals surface area (Å²) in [5.74, 6) is 0.223. The van der Waals surface area contributed by atoms with Crippen molar-refractivity contribution in [1.29, 1.82) is 0 Å². The van der Waals surface area contributed by atoms with Crippen molar-refractivity contribution >= 4 is 22.3 Å². The van der Waals surface area contributed by atoms with Crippen LogP contribution in [0.2, 0.25) is 0 Å². The molecule has 0 radical (unpaired) electrons. The van der Waals surface area contributed by atoms with Crippen molar-refractivity contribution in [2.24, 2.45) is 0 Å². The average molecular weight is 415 g/mol. The van der Waals surface area contributed by atoms with Crippen molar-refractivity contribution in [3.8, 4) is 5.75 Å². The number of nitrogens with zero attached hydrogens (tertiary/aromatic N) is 1. The molecular formula is C22H17F4N3O. The van der Waals surface area contributed by atoms with E-state index in [1.807, 2.05) is 0 Å². The van der Waals surface area contributed by atoms with Crippen molar-refractivity contribution in [3.05, 3.63) is 84.1 Å². The Morgan fingerprint density at radius 3 is 2.53 bits per heavy atom. The van der Waals surface area contributed by atoms with Gasteiger partial charge in [0.05, 0.1) is 35.8 Å². The van der Waals surface area contributed by atoms with Crippen LogP contribution >= 0.6 is 0 Å². The van der Waals surface area contributed by atoms with E-state index in [9.17, 15) is 17.6 Å². The van der Waals surface area contributed by atoms with Gasteiger partial charge in [-0.2, -0.15) is 13.2 Å². The Morgan fingerprint density at radius 2 is 1.77 bits per heavy atom. The second-order valence-electron chi connectivity index (χ2n) is 6.72. The maximum Gasteiger partial charge on any atom is 0.416 e. The fourth-order valence-corrected chi connectivity index (χ4v) is 3.05. The lowest BCUT2D eigenvalue weighted by molar-refractivity contribution is -0.137. The highest BCUT2D eigenvalue weighted by Crippen LogP contribution is 2.29. The molecule has 0 aliphatic heterocycles. The number of alkyl halides is 3. The molecule has 8 heteroatoms. The minimum Gasteiger partial charge on any atom is -0.492 e. The highest BCUT2D eigenvalue weighted by molar-refractivity contribution is 5.84. The number of aromatic amines is 1. The molecule has 30 heavy (non-hydrogen) atoms. The monoisotopic (exact) mass is 415 g/mol. The Morgan fingerprint density at radius 1 is 0.967 bits per heavy atom. The fourth-order valence-electron chi connectivity index (χ4n) is 3.05. The van der Waals surface area contributed by atoms with E-state index in [2.05, 4.69) is 15.3 Å². The molecular weight excluding hydrogens is 398 g/mol. The molecule has 4 nitrogen and oxygen atoms in total. The summed E-state index contributed by atoms with van der Waals surface area (Å²) in [6, 6.07) is 12.0. The van der Waals surface area contributed by atoms with Gasteiger partial charge in [0.15, 0.2) is 0 Å². The zero-order valence-corrected chi connectivity index (χ0v) is 15.6. The number of H-pyrrole nitrogens is 1. The van der Waals surface area contributed by atoms with E-state index in [0.717, 1.165) is 23.4 Å². The van der Waals surface area contributed by atoms with Gasteiger partial charge >= 0.3 is 6.18 Å². The third-order valence-electron chi connectivity index (χ3n) is 4.57. The molecule has 2 aromatic carbocycles. The van der Waals surface area contributed by atoms with Crippen LogP contribution in [-0.4, -0.2) is 16.6 Å². The molecule has 4 rings (SSSR count). The summed E-state index contributed by atoms with van der Waals surface area (Å²) in [6.45, 7) is 0.296. The minimum atomic E-state index is -4.34. The van der Waals surface area contributed by atoms with Gasteiger partial charge in [0, 0.05) is 29.8 Å². The van der Waals surface area contributed by atoms with E-state index in [4.69, 9.17) is 4.74 Å². The van der Waals surface area contributed by atoms with E-state index in [0.29, 0.717) is 35.4 Å². The summed E-state index contributed by atoms with van der Waals surface area (Å²) in [6.07, 6.45) is 0.614. The second-order valence-corrected chi connectivity index (χ2v) is 6.72. The van der Waals surface area contributed by atoms with Gasteiger partial charge in [-0.1, -0.05) is 12.1 Å². The first-order chi connectivity index (χ1) is 14.4. The first-order valence-corrected chi connectivity index (χ1v) is 9.16. The number of halogens is 4. The zero-order valence-electron chi connectivity index (χ0n) is 15.6. The molecule has 0 amide bonds. The average Bonchev–Trinajstić information content (AvgIpc) is 3.08. The molecule has 2 aromatic heterocycles. The van der Waals surface area contributed by atoms with Gasteiger partial charge in [-0.15, -0.1) is 0 Å². The normalized spacial score (nSPS) is 11.6. The molecule has 154 valence electrons. The van der Waals surface area contributed by atoms with Gasteiger partial charge in [0.25, 0.3) is 0 Å². The molecule has 4 aromatic rings. The van der Waals surface area contributed by atoms with Crippen LogP contribution in [0.4, 0.5) is 28.9 Å². The predicted molar refractivity (Wildman–Crippen MR) is 106 cm³/mol. The van der Waals surface area contributed by atoms with E-state index in [1.165, 1.54) is 18.3 Å². The van der Waals surface area contributed by atoms with Gasteiger partial charge < -0.3 is 15.0 Å². The summed E-state index contributed by atoms with van der Waals surface area (Å²) < 4.78 is 57.0. The molecule has 0 aliphatic rings. The van der Waals surface area contributed by atoms with Crippen LogP contribution in [0.1, 0.15) is 11.1 Å². The Hall–Kier alpha value is -3.55. The standard InChI is InChI=1S/C22H17F4N3O/c23-20-13-28-21-10-16(5-6-19(20)21)29-17-9-18(12-27-11-17)30-8-7-14-1-3-15(4-2-14)22(24,25)26/h1-6,9-13,28-29H,7-8H2. The number of fused-ring (bicyclic) bond motifs is 1. The Labute approximate surface area is 169 Å². The molecule has 0 saturated carbocycles. The van der Waals surface area contributed by atoms with Gasteiger partial charge in [0.1, 0.15) is 11.6 Å². The third kappa shape index (κ3) is 4.53. The lowest BCUT2D eigenvalue weighted by atomic mass is 10.1. The topological polar surface area (TPSA) is 49.9 Å². The largest absolute Gasteiger partial charge is 0.492 e. The second kappa shape index (κ2) is 8.06. The van der Waals surface area contributed by atoms with Crippen LogP contribution in [0.15, 0.2) is 67.1 Å². The number of nitrogens with one attached hydrogen (secondary N) is 2. The maximum atomic E-state index is 13.5. The van der Waals surface area contributed by atoms with E-state index in [-0.39, 0.29) is 5.82 Å². The number of aromatic nitrogens is 2. The number of rotatable bonds is 6. The quantitative estimate of drug-likeness (QED) is 0.375. The number of ether oxygens (including phenoxy) is 1. The zero-order chi connectivity index (χ0) is 21.1. The van der Waals surface area contributed by atoms with Crippen LogP contribution < -0.4 is 10.1 Å².